The minimum atomic E-state index is -0.700. The fourth-order valence-corrected chi connectivity index (χ4v) is 5.94. The Balaban J connectivity index is 1.05. The first-order chi connectivity index (χ1) is 21.2. The number of nitrogens with zero attached hydrogens (tertiary/aromatic N) is 4. The van der Waals surface area contributed by atoms with Crippen LogP contribution in [0.4, 0.5) is 5.82 Å². The number of piperidine rings is 1. The molecule has 2 aromatic heterocycles. The maximum Gasteiger partial charge on any atom is 0.251 e. The zero-order valence-electron chi connectivity index (χ0n) is 25.9. The Hall–Kier alpha value is -3.96. The number of oxazole rings is 1. The number of hydrogen-bond acceptors (Lipinski definition) is 9. The molecule has 1 saturated heterocycles. The van der Waals surface area contributed by atoms with Crippen molar-refractivity contribution in [1.82, 2.24) is 25.1 Å². The minimum Gasteiger partial charge on any atom is -0.485 e. The van der Waals surface area contributed by atoms with Gasteiger partial charge in [-0.3, -0.25) is 14.5 Å². The quantitative estimate of drug-likeness (QED) is 0.284. The number of β-amino-alcohol motifs (C(OH)–C–C–N with tert-alkyl or cyclic N) is 1. The van der Waals surface area contributed by atoms with Crippen molar-refractivity contribution in [3.8, 4) is 5.75 Å². The molecular formula is C33H44N6O5. The lowest BCUT2D eigenvalue weighted by molar-refractivity contribution is -0.132. The van der Waals surface area contributed by atoms with E-state index in [2.05, 4.69) is 52.3 Å². The number of benzene rings is 1. The third-order valence-electron chi connectivity index (χ3n) is 8.34. The SMILES string of the molecule is Cc1c(OCc2cnco2)ccc2c1CCN(C[C@@H](O)CNC(=O)c1ccnc(NC3CCN(C(=O)CC(C)C)CC3)c1)C2. The number of likely N-dealkylation sites (tertiary alicyclic amines) is 1. The molecule has 1 aromatic carbocycles. The summed E-state index contributed by atoms with van der Waals surface area (Å²) in [6.45, 7) is 10.2. The van der Waals surface area contributed by atoms with Crippen molar-refractivity contribution in [1.29, 1.82) is 0 Å². The van der Waals surface area contributed by atoms with Gasteiger partial charge in [-0.25, -0.2) is 9.97 Å². The topological polar surface area (TPSA) is 133 Å². The molecule has 2 aliphatic rings. The van der Waals surface area contributed by atoms with Gasteiger partial charge in [0.15, 0.2) is 12.2 Å². The Bertz CT molecular complexity index is 1400. The summed E-state index contributed by atoms with van der Waals surface area (Å²) < 4.78 is 11.2. The maximum absolute atomic E-state index is 12.9. The zero-order valence-corrected chi connectivity index (χ0v) is 25.9. The highest BCUT2D eigenvalue weighted by atomic mass is 16.5. The Labute approximate surface area is 259 Å². The van der Waals surface area contributed by atoms with Crippen molar-refractivity contribution >= 4 is 17.6 Å². The Kier molecular flexibility index (Phi) is 10.5. The van der Waals surface area contributed by atoms with E-state index < -0.39 is 6.10 Å². The van der Waals surface area contributed by atoms with Crippen molar-refractivity contribution in [2.24, 2.45) is 5.92 Å². The average molecular weight is 605 g/mol. The molecule has 3 N–H and O–H groups in total. The number of aliphatic hydroxyl groups excluding tert-OH is 1. The molecule has 2 aliphatic heterocycles. The predicted octanol–water partition coefficient (Wildman–Crippen LogP) is 3.56. The molecule has 11 nitrogen and oxygen atoms in total. The number of rotatable bonds is 12. The summed E-state index contributed by atoms with van der Waals surface area (Å²) in [5.74, 6) is 2.48. The molecule has 44 heavy (non-hydrogen) atoms. The van der Waals surface area contributed by atoms with Gasteiger partial charge in [-0.1, -0.05) is 19.9 Å². The molecule has 0 unspecified atom stereocenters. The van der Waals surface area contributed by atoms with Crippen LogP contribution in [0.3, 0.4) is 0 Å². The Morgan fingerprint density at radius 2 is 2.00 bits per heavy atom. The van der Waals surface area contributed by atoms with E-state index in [1.165, 1.54) is 17.5 Å². The summed E-state index contributed by atoms with van der Waals surface area (Å²) in [6, 6.07) is 7.69. The number of hydrogen-bond donors (Lipinski definition) is 3. The number of aromatic nitrogens is 2. The van der Waals surface area contributed by atoms with E-state index in [0.29, 0.717) is 42.6 Å². The first kappa shape index (κ1) is 31.5. The van der Waals surface area contributed by atoms with E-state index >= 15 is 0 Å². The molecule has 1 atom stereocenters. The van der Waals surface area contributed by atoms with Crippen LogP contribution in [0.25, 0.3) is 0 Å². The molecule has 1 fully saturated rings. The lowest BCUT2D eigenvalue weighted by Gasteiger charge is -2.33. The second-order valence-corrected chi connectivity index (χ2v) is 12.3. The first-order valence-electron chi connectivity index (χ1n) is 15.6. The predicted molar refractivity (Wildman–Crippen MR) is 166 cm³/mol. The molecule has 2 amide bonds. The molecule has 236 valence electrons. The lowest BCUT2D eigenvalue weighted by atomic mass is 9.94. The molecule has 4 heterocycles. The van der Waals surface area contributed by atoms with E-state index in [1.807, 2.05) is 11.0 Å². The number of fused-ring (bicyclic) bond motifs is 1. The van der Waals surface area contributed by atoms with Crippen LogP contribution in [0.2, 0.25) is 0 Å². The van der Waals surface area contributed by atoms with E-state index in [9.17, 15) is 14.7 Å². The van der Waals surface area contributed by atoms with Crippen molar-refractivity contribution in [3.05, 3.63) is 71.1 Å². The number of nitrogens with one attached hydrogen (secondary N) is 2. The van der Waals surface area contributed by atoms with Crippen LogP contribution in [-0.2, 0) is 24.4 Å². The second-order valence-electron chi connectivity index (χ2n) is 12.3. The standard InChI is InChI=1S/C33H44N6O5/c1-22(2)14-32(41)39-12-7-26(8-13-39)37-31-15-24(6-10-35-31)33(42)36-16-27(40)19-38-11-9-29-23(3)30(5-4-25(29)18-38)43-20-28-17-34-21-44-28/h4-6,10,15,17,21-22,26-27,40H,7-9,11-14,16,18-20H2,1-3H3,(H,35,37)(H,36,42)/t27-/m0/s1. The van der Waals surface area contributed by atoms with Gasteiger partial charge in [0.05, 0.1) is 12.3 Å². The Morgan fingerprint density at radius 3 is 2.75 bits per heavy atom. The first-order valence-corrected chi connectivity index (χ1v) is 15.6. The van der Waals surface area contributed by atoms with Gasteiger partial charge >= 0.3 is 0 Å². The van der Waals surface area contributed by atoms with Gasteiger partial charge < -0.3 is 29.8 Å². The fraction of sp³-hybridized carbons (Fsp3) is 0.515. The molecular weight excluding hydrogens is 560 g/mol. The van der Waals surface area contributed by atoms with Crippen LogP contribution < -0.4 is 15.4 Å². The van der Waals surface area contributed by atoms with Crippen molar-refractivity contribution in [3.63, 3.8) is 0 Å². The van der Waals surface area contributed by atoms with Crippen LogP contribution >= 0.6 is 0 Å². The zero-order chi connectivity index (χ0) is 31.1. The lowest BCUT2D eigenvalue weighted by Crippen LogP contribution is -2.43. The molecule has 3 aromatic rings. The maximum atomic E-state index is 12.9. The molecule has 0 radical (unpaired) electrons. The van der Waals surface area contributed by atoms with Gasteiger partial charge in [0.1, 0.15) is 18.2 Å². The van der Waals surface area contributed by atoms with Gasteiger partial charge in [-0.15, -0.1) is 0 Å². The number of carbonyl (C=O) groups excluding carboxylic acids is 2. The smallest absolute Gasteiger partial charge is 0.251 e. The van der Waals surface area contributed by atoms with Crippen LogP contribution in [0, 0.1) is 12.8 Å². The number of ether oxygens (including phenoxy) is 1. The number of aliphatic hydroxyl groups is 1. The van der Waals surface area contributed by atoms with E-state index in [-0.39, 0.29) is 24.4 Å². The van der Waals surface area contributed by atoms with Crippen molar-refractivity contribution in [2.45, 2.75) is 71.8 Å². The van der Waals surface area contributed by atoms with Crippen LogP contribution in [0.15, 0.2) is 47.5 Å². The summed E-state index contributed by atoms with van der Waals surface area (Å²) >= 11 is 0. The van der Waals surface area contributed by atoms with Crippen molar-refractivity contribution < 1.29 is 23.8 Å². The second kappa shape index (κ2) is 14.7. The molecule has 0 spiro atoms. The highest BCUT2D eigenvalue weighted by molar-refractivity contribution is 5.94. The molecule has 0 aliphatic carbocycles. The highest BCUT2D eigenvalue weighted by Crippen LogP contribution is 2.30. The average Bonchev–Trinajstić information content (AvgIpc) is 3.53. The molecule has 0 saturated carbocycles. The van der Waals surface area contributed by atoms with Gasteiger partial charge in [0.25, 0.3) is 5.91 Å². The minimum absolute atomic E-state index is 0.156. The summed E-state index contributed by atoms with van der Waals surface area (Å²) in [5.41, 5.74) is 4.12. The largest absolute Gasteiger partial charge is 0.485 e. The molecule has 0 bridgehead atoms. The summed E-state index contributed by atoms with van der Waals surface area (Å²) in [4.78, 5) is 37.7. The third-order valence-corrected chi connectivity index (χ3v) is 8.34. The third kappa shape index (κ3) is 8.35. The fourth-order valence-electron chi connectivity index (χ4n) is 5.94. The van der Waals surface area contributed by atoms with Gasteiger partial charge in [-0.2, -0.15) is 0 Å². The van der Waals surface area contributed by atoms with Crippen LogP contribution in [0.1, 0.15) is 65.9 Å². The summed E-state index contributed by atoms with van der Waals surface area (Å²) in [5, 5.41) is 17.0. The van der Waals surface area contributed by atoms with Crippen LogP contribution in [0.5, 0.6) is 5.75 Å². The highest BCUT2D eigenvalue weighted by Gasteiger charge is 2.24. The van der Waals surface area contributed by atoms with E-state index in [4.69, 9.17) is 9.15 Å². The van der Waals surface area contributed by atoms with Crippen LogP contribution in [-0.4, -0.2) is 81.6 Å². The van der Waals surface area contributed by atoms with Gasteiger partial charge in [-0.05, 0) is 67.0 Å². The van der Waals surface area contributed by atoms with Gasteiger partial charge in [0.2, 0.25) is 5.91 Å². The number of amides is 2. The normalized spacial score (nSPS) is 16.4. The number of anilines is 1. The molecule has 11 heteroatoms. The monoisotopic (exact) mass is 604 g/mol. The summed E-state index contributed by atoms with van der Waals surface area (Å²) in [7, 11) is 0. The number of carbonyl (C=O) groups is 2. The van der Waals surface area contributed by atoms with Crippen molar-refractivity contribution in [2.75, 3.05) is 38.0 Å². The van der Waals surface area contributed by atoms with E-state index in [0.717, 1.165) is 56.8 Å². The van der Waals surface area contributed by atoms with E-state index in [1.54, 1.807) is 24.5 Å². The number of pyridine rings is 1. The molecule has 5 rings (SSSR count). The summed E-state index contributed by atoms with van der Waals surface area (Å²) in [6.07, 6.45) is 7.09. The van der Waals surface area contributed by atoms with Gasteiger partial charge in [0, 0.05) is 63.5 Å². The Morgan fingerprint density at radius 1 is 1.18 bits per heavy atom.